The Bertz CT molecular complexity index is 664. The van der Waals surface area contributed by atoms with E-state index in [9.17, 15) is 9.59 Å². The van der Waals surface area contributed by atoms with Gasteiger partial charge in [-0.3, -0.25) is 9.48 Å². The van der Waals surface area contributed by atoms with Gasteiger partial charge >= 0.3 is 5.97 Å². The molecule has 0 saturated carbocycles. The van der Waals surface area contributed by atoms with Crippen molar-refractivity contribution in [1.82, 2.24) is 15.1 Å². The number of aliphatic carboxylic acids is 1. The molecule has 1 heterocycles. The highest BCUT2D eigenvalue weighted by atomic mass is 16.5. The molecule has 1 aromatic carbocycles. The molecule has 0 fully saturated rings. The predicted molar refractivity (Wildman–Crippen MR) is 78.7 cm³/mol. The third-order valence-electron chi connectivity index (χ3n) is 3.23. The number of carbonyl (C=O) groups is 2. The molecule has 7 nitrogen and oxygen atoms in total. The summed E-state index contributed by atoms with van der Waals surface area (Å²) in [5, 5.41) is 15.6. The Hall–Kier alpha value is -2.83. The Labute approximate surface area is 127 Å². The van der Waals surface area contributed by atoms with Crippen LogP contribution in [-0.4, -0.2) is 33.9 Å². The topological polar surface area (TPSA) is 93.5 Å². The van der Waals surface area contributed by atoms with Crippen molar-refractivity contribution in [1.29, 1.82) is 0 Å². The van der Waals surface area contributed by atoms with Crippen LogP contribution < -0.4 is 10.1 Å². The van der Waals surface area contributed by atoms with Crippen molar-refractivity contribution in [3.05, 3.63) is 47.8 Å². The maximum atomic E-state index is 12.0. The monoisotopic (exact) mass is 303 g/mol. The zero-order chi connectivity index (χ0) is 16.1. The molecule has 116 valence electrons. The van der Waals surface area contributed by atoms with E-state index in [-0.39, 0.29) is 5.91 Å². The third-order valence-corrected chi connectivity index (χ3v) is 3.23. The third kappa shape index (κ3) is 3.63. The van der Waals surface area contributed by atoms with Gasteiger partial charge in [-0.25, -0.2) is 4.79 Å². The molecule has 0 radical (unpaired) electrons. The quantitative estimate of drug-likeness (QED) is 0.843. The Morgan fingerprint density at radius 1 is 1.36 bits per heavy atom. The summed E-state index contributed by atoms with van der Waals surface area (Å²) in [4.78, 5) is 22.9. The van der Waals surface area contributed by atoms with Crippen molar-refractivity contribution in [3.63, 3.8) is 0 Å². The first-order valence-corrected chi connectivity index (χ1v) is 6.69. The Balaban J connectivity index is 1.95. The molecule has 2 N–H and O–H groups in total. The minimum Gasteiger partial charge on any atom is -0.497 e. The molecule has 1 aromatic heterocycles. The molecular formula is C15H17N3O4. The number of carboxylic acids is 1. The molecule has 1 unspecified atom stereocenters. The predicted octanol–water partition coefficient (Wildman–Crippen LogP) is 1.47. The average Bonchev–Trinajstić information content (AvgIpc) is 3.02. The summed E-state index contributed by atoms with van der Waals surface area (Å²) in [5.74, 6) is -0.563. The van der Waals surface area contributed by atoms with E-state index in [4.69, 9.17) is 9.84 Å². The lowest BCUT2D eigenvalue weighted by atomic mass is 10.2. The number of nitrogens with one attached hydrogen (secondary N) is 1. The summed E-state index contributed by atoms with van der Waals surface area (Å²) >= 11 is 0. The lowest BCUT2D eigenvalue weighted by Gasteiger charge is -2.06. The van der Waals surface area contributed by atoms with E-state index in [0.29, 0.717) is 12.1 Å². The highest BCUT2D eigenvalue weighted by Crippen LogP contribution is 2.11. The van der Waals surface area contributed by atoms with Crippen LogP contribution in [0.25, 0.3) is 0 Å². The Morgan fingerprint density at radius 2 is 2.05 bits per heavy atom. The number of amides is 1. The molecule has 1 amide bonds. The number of carboxylic acid groups (broad SMARTS) is 1. The summed E-state index contributed by atoms with van der Waals surface area (Å²) < 4.78 is 6.30. The second-order valence-corrected chi connectivity index (χ2v) is 4.75. The lowest BCUT2D eigenvalue weighted by molar-refractivity contribution is -0.140. The van der Waals surface area contributed by atoms with E-state index in [0.717, 1.165) is 11.3 Å². The van der Waals surface area contributed by atoms with Gasteiger partial charge < -0.3 is 15.2 Å². The summed E-state index contributed by atoms with van der Waals surface area (Å²) in [7, 11) is 1.59. The first kappa shape index (κ1) is 15.6. The van der Waals surface area contributed by atoms with Gasteiger partial charge in [0.2, 0.25) is 0 Å². The SMILES string of the molecule is COc1ccc(CNC(=O)c2cnn(C(C)C(=O)O)c2)cc1. The fourth-order valence-electron chi connectivity index (χ4n) is 1.81. The van der Waals surface area contributed by atoms with Gasteiger partial charge in [0, 0.05) is 12.7 Å². The molecule has 1 atom stereocenters. The van der Waals surface area contributed by atoms with Crippen molar-refractivity contribution in [2.24, 2.45) is 0 Å². The number of carbonyl (C=O) groups excluding carboxylic acids is 1. The molecule has 0 saturated heterocycles. The van der Waals surface area contributed by atoms with Crippen LogP contribution in [0.5, 0.6) is 5.75 Å². The standard InChI is InChI=1S/C15H17N3O4/c1-10(15(20)21)18-9-12(8-17-18)14(19)16-7-11-3-5-13(22-2)6-4-11/h3-6,8-10H,7H2,1-2H3,(H,16,19)(H,20,21). The van der Waals surface area contributed by atoms with E-state index in [2.05, 4.69) is 10.4 Å². The highest BCUT2D eigenvalue weighted by molar-refractivity contribution is 5.93. The average molecular weight is 303 g/mol. The normalized spacial score (nSPS) is 11.7. The van der Waals surface area contributed by atoms with E-state index in [1.54, 1.807) is 7.11 Å². The van der Waals surface area contributed by atoms with Crippen LogP contribution in [0.2, 0.25) is 0 Å². The molecule has 0 spiro atoms. The molecule has 2 rings (SSSR count). The number of ether oxygens (including phenoxy) is 1. The van der Waals surface area contributed by atoms with Crippen molar-refractivity contribution >= 4 is 11.9 Å². The molecule has 0 bridgehead atoms. The van der Waals surface area contributed by atoms with Crippen LogP contribution in [0.1, 0.15) is 28.9 Å². The number of hydrogen-bond acceptors (Lipinski definition) is 4. The number of benzene rings is 1. The second-order valence-electron chi connectivity index (χ2n) is 4.75. The molecule has 0 aliphatic carbocycles. The van der Waals surface area contributed by atoms with E-state index < -0.39 is 12.0 Å². The lowest BCUT2D eigenvalue weighted by Crippen LogP contribution is -2.22. The molecular weight excluding hydrogens is 286 g/mol. The summed E-state index contributed by atoms with van der Waals surface area (Å²) in [6.45, 7) is 1.86. The fourth-order valence-corrected chi connectivity index (χ4v) is 1.81. The van der Waals surface area contributed by atoms with Crippen LogP contribution in [-0.2, 0) is 11.3 Å². The largest absolute Gasteiger partial charge is 0.497 e. The number of rotatable bonds is 6. The van der Waals surface area contributed by atoms with Crippen molar-refractivity contribution < 1.29 is 19.4 Å². The smallest absolute Gasteiger partial charge is 0.328 e. The van der Waals surface area contributed by atoms with Gasteiger partial charge in [0.15, 0.2) is 0 Å². The molecule has 0 aliphatic heterocycles. The van der Waals surface area contributed by atoms with E-state index in [1.165, 1.54) is 24.0 Å². The summed E-state index contributed by atoms with van der Waals surface area (Å²) in [6, 6.07) is 6.52. The Kier molecular flexibility index (Phi) is 4.77. The Morgan fingerprint density at radius 3 is 2.64 bits per heavy atom. The van der Waals surface area contributed by atoms with Crippen molar-refractivity contribution in [2.45, 2.75) is 19.5 Å². The van der Waals surface area contributed by atoms with Gasteiger partial charge in [-0.15, -0.1) is 0 Å². The molecule has 0 aliphatic rings. The summed E-state index contributed by atoms with van der Waals surface area (Å²) in [5.41, 5.74) is 1.25. The van der Waals surface area contributed by atoms with Crippen molar-refractivity contribution in [3.8, 4) is 5.75 Å². The molecule has 7 heteroatoms. The van der Waals surface area contributed by atoms with Crippen LogP contribution >= 0.6 is 0 Å². The van der Waals surface area contributed by atoms with Crippen LogP contribution in [0.15, 0.2) is 36.7 Å². The zero-order valence-electron chi connectivity index (χ0n) is 12.3. The minimum absolute atomic E-state index is 0.306. The second kappa shape index (κ2) is 6.75. The van der Waals surface area contributed by atoms with Gasteiger partial charge in [-0.2, -0.15) is 5.10 Å². The van der Waals surface area contributed by atoms with Crippen molar-refractivity contribution in [2.75, 3.05) is 7.11 Å². The van der Waals surface area contributed by atoms with Crippen LogP contribution in [0, 0.1) is 0 Å². The number of nitrogens with zero attached hydrogens (tertiary/aromatic N) is 2. The first-order valence-electron chi connectivity index (χ1n) is 6.69. The van der Waals surface area contributed by atoms with Gasteiger partial charge in [0.1, 0.15) is 11.8 Å². The highest BCUT2D eigenvalue weighted by Gasteiger charge is 2.16. The van der Waals surface area contributed by atoms with Gasteiger partial charge in [-0.1, -0.05) is 12.1 Å². The maximum Gasteiger partial charge on any atom is 0.328 e. The zero-order valence-corrected chi connectivity index (χ0v) is 12.3. The minimum atomic E-state index is -1.01. The summed E-state index contributed by atoms with van der Waals surface area (Å²) in [6.07, 6.45) is 2.77. The molecule has 22 heavy (non-hydrogen) atoms. The maximum absolute atomic E-state index is 12.0. The molecule has 2 aromatic rings. The number of methoxy groups -OCH3 is 1. The number of aromatic nitrogens is 2. The first-order chi connectivity index (χ1) is 10.5. The van der Waals surface area contributed by atoms with E-state index >= 15 is 0 Å². The van der Waals surface area contributed by atoms with E-state index in [1.807, 2.05) is 24.3 Å². The van der Waals surface area contributed by atoms with Gasteiger partial charge in [0.05, 0.1) is 18.9 Å². The van der Waals surface area contributed by atoms with Gasteiger partial charge in [-0.05, 0) is 24.6 Å². The number of hydrogen-bond donors (Lipinski definition) is 2. The van der Waals surface area contributed by atoms with Crippen LogP contribution in [0.4, 0.5) is 0 Å². The van der Waals surface area contributed by atoms with Crippen LogP contribution in [0.3, 0.4) is 0 Å². The van der Waals surface area contributed by atoms with Gasteiger partial charge in [0.25, 0.3) is 5.91 Å². The fraction of sp³-hybridized carbons (Fsp3) is 0.267.